The van der Waals surface area contributed by atoms with Crippen molar-refractivity contribution in [1.29, 1.82) is 0 Å². The van der Waals surface area contributed by atoms with E-state index in [1.165, 1.54) is 0 Å². The summed E-state index contributed by atoms with van der Waals surface area (Å²) in [5, 5.41) is 0. The van der Waals surface area contributed by atoms with Gasteiger partial charge in [0.15, 0.2) is 11.3 Å². The van der Waals surface area contributed by atoms with Crippen LogP contribution in [0.2, 0.25) is 0 Å². The fraction of sp³-hybridized carbons (Fsp3) is 0.0833. The first-order chi connectivity index (χ1) is 7.74. The fourth-order valence-electron chi connectivity index (χ4n) is 1.71. The number of furan rings is 1. The topological polar surface area (TPSA) is 65.2 Å². The Morgan fingerprint density at radius 3 is 2.94 bits per heavy atom. The van der Waals surface area contributed by atoms with Crippen molar-refractivity contribution in [3.63, 3.8) is 0 Å². The van der Waals surface area contributed by atoms with Crippen molar-refractivity contribution in [2.75, 3.05) is 5.73 Å². The molecule has 4 nitrogen and oxygen atoms in total. The van der Waals surface area contributed by atoms with Gasteiger partial charge in [-0.05, 0) is 36.8 Å². The number of nitrogens with zero attached hydrogens (tertiary/aromatic N) is 1. The second kappa shape index (κ2) is 3.13. The van der Waals surface area contributed by atoms with Crippen molar-refractivity contribution in [2.24, 2.45) is 0 Å². The molecular formula is C12H10N2O2. The van der Waals surface area contributed by atoms with E-state index in [9.17, 15) is 0 Å². The number of nitrogen functional groups attached to an aromatic ring is 1. The zero-order valence-corrected chi connectivity index (χ0v) is 8.73. The quantitative estimate of drug-likeness (QED) is 0.632. The number of anilines is 1. The van der Waals surface area contributed by atoms with Gasteiger partial charge in [-0.3, -0.25) is 0 Å². The molecule has 0 atom stereocenters. The van der Waals surface area contributed by atoms with Gasteiger partial charge >= 0.3 is 0 Å². The molecular weight excluding hydrogens is 204 g/mol. The molecule has 3 aromatic rings. The number of hydrogen-bond donors (Lipinski definition) is 1. The third kappa shape index (κ3) is 1.27. The Balaban J connectivity index is 2.27. The van der Waals surface area contributed by atoms with Gasteiger partial charge in [-0.15, -0.1) is 0 Å². The minimum absolute atomic E-state index is 0.456. The number of aryl methyl sites for hydroxylation is 1. The third-order valence-corrected chi connectivity index (χ3v) is 2.40. The fourth-order valence-corrected chi connectivity index (χ4v) is 1.71. The predicted molar refractivity (Wildman–Crippen MR) is 60.9 cm³/mol. The number of oxazole rings is 1. The SMILES string of the molecule is Cc1cc(N)c2oc(-c3ccco3)nc2c1. The van der Waals surface area contributed by atoms with Crippen LogP contribution in [0.5, 0.6) is 0 Å². The molecule has 0 bridgehead atoms. The van der Waals surface area contributed by atoms with Crippen LogP contribution in [0.4, 0.5) is 5.69 Å². The molecule has 0 unspecified atom stereocenters. The first-order valence-electron chi connectivity index (χ1n) is 4.94. The third-order valence-electron chi connectivity index (χ3n) is 2.40. The van der Waals surface area contributed by atoms with Gasteiger partial charge in [0.05, 0.1) is 12.0 Å². The highest BCUT2D eigenvalue weighted by Crippen LogP contribution is 2.28. The zero-order chi connectivity index (χ0) is 11.1. The average molecular weight is 214 g/mol. The van der Waals surface area contributed by atoms with Crippen molar-refractivity contribution < 1.29 is 8.83 Å². The molecule has 2 heterocycles. The maximum atomic E-state index is 5.86. The second-order valence-corrected chi connectivity index (χ2v) is 3.70. The lowest BCUT2D eigenvalue weighted by Crippen LogP contribution is -1.86. The molecule has 0 saturated carbocycles. The maximum Gasteiger partial charge on any atom is 0.264 e. The highest BCUT2D eigenvalue weighted by atomic mass is 16.4. The number of aromatic nitrogens is 1. The molecule has 2 aromatic heterocycles. The van der Waals surface area contributed by atoms with Crippen molar-refractivity contribution in [3.8, 4) is 11.7 Å². The smallest absolute Gasteiger partial charge is 0.264 e. The van der Waals surface area contributed by atoms with Gasteiger partial charge in [0, 0.05) is 0 Å². The molecule has 4 heteroatoms. The lowest BCUT2D eigenvalue weighted by molar-refractivity contribution is 0.535. The van der Waals surface area contributed by atoms with E-state index in [1.54, 1.807) is 18.4 Å². The first-order valence-corrected chi connectivity index (χ1v) is 4.94. The van der Waals surface area contributed by atoms with Crippen LogP contribution in [0.3, 0.4) is 0 Å². The van der Waals surface area contributed by atoms with Crippen LogP contribution in [0.15, 0.2) is 39.4 Å². The average Bonchev–Trinajstić information content (AvgIpc) is 2.82. The van der Waals surface area contributed by atoms with Crippen LogP contribution in [-0.2, 0) is 0 Å². The second-order valence-electron chi connectivity index (χ2n) is 3.70. The van der Waals surface area contributed by atoms with E-state index in [4.69, 9.17) is 14.6 Å². The lowest BCUT2D eigenvalue weighted by atomic mass is 10.2. The summed E-state index contributed by atoms with van der Waals surface area (Å²) in [5.41, 5.74) is 8.88. The summed E-state index contributed by atoms with van der Waals surface area (Å²) in [6.45, 7) is 1.97. The van der Waals surface area contributed by atoms with Gasteiger partial charge in [-0.1, -0.05) is 0 Å². The Morgan fingerprint density at radius 1 is 1.31 bits per heavy atom. The van der Waals surface area contributed by atoms with E-state index < -0.39 is 0 Å². The van der Waals surface area contributed by atoms with Gasteiger partial charge in [-0.25, -0.2) is 4.98 Å². The van der Waals surface area contributed by atoms with E-state index in [1.807, 2.05) is 19.1 Å². The molecule has 16 heavy (non-hydrogen) atoms. The highest BCUT2D eigenvalue weighted by Gasteiger charge is 2.12. The molecule has 0 radical (unpaired) electrons. The number of benzene rings is 1. The predicted octanol–water partition coefficient (Wildman–Crippen LogP) is 2.98. The van der Waals surface area contributed by atoms with Crippen LogP contribution in [0.25, 0.3) is 22.8 Å². The monoisotopic (exact) mass is 214 g/mol. The first kappa shape index (κ1) is 9.03. The van der Waals surface area contributed by atoms with Crippen molar-refractivity contribution in [3.05, 3.63) is 36.1 Å². The molecule has 0 spiro atoms. The van der Waals surface area contributed by atoms with Gasteiger partial charge in [0.1, 0.15) is 5.52 Å². The molecule has 1 aromatic carbocycles. The van der Waals surface area contributed by atoms with Crippen LogP contribution in [-0.4, -0.2) is 4.98 Å². The molecule has 0 saturated heterocycles. The minimum atomic E-state index is 0.456. The summed E-state index contributed by atoms with van der Waals surface area (Å²) in [6.07, 6.45) is 1.58. The van der Waals surface area contributed by atoms with Crippen molar-refractivity contribution >= 4 is 16.8 Å². The Kier molecular flexibility index (Phi) is 1.77. The van der Waals surface area contributed by atoms with Crippen LogP contribution >= 0.6 is 0 Å². The zero-order valence-electron chi connectivity index (χ0n) is 8.73. The van der Waals surface area contributed by atoms with E-state index >= 15 is 0 Å². The lowest BCUT2D eigenvalue weighted by Gasteiger charge is -1.94. The molecule has 0 amide bonds. The van der Waals surface area contributed by atoms with Crippen LogP contribution in [0.1, 0.15) is 5.56 Å². The van der Waals surface area contributed by atoms with Crippen molar-refractivity contribution in [2.45, 2.75) is 6.92 Å². The van der Waals surface area contributed by atoms with E-state index in [-0.39, 0.29) is 0 Å². The molecule has 0 aliphatic heterocycles. The Hall–Kier alpha value is -2.23. The van der Waals surface area contributed by atoms with Crippen LogP contribution < -0.4 is 5.73 Å². The molecule has 3 rings (SSSR count). The van der Waals surface area contributed by atoms with Gasteiger partial charge in [0.25, 0.3) is 5.89 Å². The minimum Gasteiger partial charge on any atom is -0.459 e. The van der Waals surface area contributed by atoms with E-state index in [0.29, 0.717) is 22.9 Å². The summed E-state index contributed by atoms with van der Waals surface area (Å²) in [7, 11) is 0. The Morgan fingerprint density at radius 2 is 2.19 bits per heavy atom. The van der Waals surface area contributed by atoms with Gasteiger partial charge in [0.2, 0.25) is 0 Å². The molecule has 0 aliphatic carbocycles. The van der Waals surface area contributed by atoms with E-state index in [2.05, 4.69) is 4.98 Å². The number of nitrogens with two attached hydrogens (primary N) is 1. The molecule has 2 N–H and O–H groups in total. The number of hydrogen-bond acceptors (Lipinski definition) is 4. The molecule has 0 fully saturated rings. The maximum absolute atomic E-state index is 5.86. The summed E-state index contributed by atoms with van der Waals surface area (Å²) >= 11 is 0. The Bertz CT molecular complexity index is 638. The standard InChI is InChI=1S/C12H10N2O2/c1-7-5-8(13)11-9(6-7)14-12(16-11)10-3-2-4-15-10/h2-6H,13H2,1H3. The highest BCUT2D eigenvalue weighted by molar-refractivity contribution is 5.87. The Labute approximate surface area is 91.7 Å². The van der Waals surface area contributed by atoms with Crippen molar-refractivity contribution in [1.82, 2.24) is 4.98 Å². The van der Waals surface area contributed by atoms with Crippen LogP contribution in [0, 0.1) is 6.92 Å². The van der Waals surface area contributed by atoms with E-state index in [0.717, 1.165) is 11.1 Å². The molecule has 80 valence electrons. The van der Waals surface area contributed by atoms with Gasteiger partial charge in [-0.2, -0.15) is 0 Å². The summed E-state index contributed by atoms with van der Waals surface area (Å²) in [4.78, 5) is 4.34. The number of fused-ring (bicyclic) bond motifs is 1. The number of rotatable bonds is 1. The largest absolute Gasteiger partial charge is 0.459 e. The van der Waals surface area contributed by atoms with Gasteiger partial charge < -0.3 is 14.6 Å². The summed E-state index contributed by atoms with van der Waals surface area (Å²) < 4.78 is 10.8. The summed E-state index contributed by atoms with van der Waals surface area (Å²) in [5.74, 6) is 1.06. The normalized spacial score (nSPS) is 11.1. The molecule has 0 aliphatic rings. The summed E-state index contributed by atoms with van der Waals surface area (Å²) in [6, 6.07) is 7.38.